The fourth-order valence-electron chi connectivity index (χ4n) is 15.1. The molecule has 0 spiro atoms. The molecular formula is C80H101ClF3N11O10S4. The van der Waals surface area contributed by atoms with E-state index in [2.05, 4.69) is 47.5 Å². The number of aromatic nitrogens is 1. The summed E-state index contributed by atoms with van der Waals surface area (Å²) in [6.07, 6.45) is 6.26. The van der Waals surface area contributed by atoms with Crippen molar-refractivity contribution < 1.29 is 58.7 Å². The van der Waals surface area contributed by atoms with Gasteiger partial charge in [0.05, 0.1) is 51.3 Å². The summed E-state index contributed by atoms with van der Waals surface area (Å²) in [4.78, 5) is 87.1. The van der Waals surface area contributed by atoms with Crippen LogP contribution in [-0.4, -0.2) is 210 Å². The van der Waals surface area contributed by atoms with E-state index in [-0.39, 0.29) is 41.7 Å². The number of carbonyl (C=O) groups excluding carboxylic acids is 5. The minimum absolute atomic E-state index is 0.0522. The lowest BCUT2D eigenvalue weighted by Crippen LogP contribution is -2.57. The van der Waals surface area contributed by atoms with Gasteiger partial charge in [-0.2, -0.15) is 13.2 Å². The van der Waals surface area contributed by atoms with Gasteiger partial charge in [0, 0.05) is 124 Å². The van der Waals surface area contributed by atoms with Gasteiger partial charge in [-0.1, -0.05) is 106 Å². The number of alkyl halides is 3. The van der Waals surface area contributed by atoms with Gasteiger partial charge in [0.15, 0.2) is 0 Å². The molecule has 5 aromatic carbocycles. The third kappa shape index (κ3) is 21.2. The Morgan fingerprint density at radius 1 is 0.761 bits per heavy atom. The number of thioether (sulfide) groups is 1. The molecule has 1 unspecified atom stereocenters. The number of benzene rings is 5. The number of unbranched alkanes of at least 4 members (excludes halogenated alkanes) is 2. The molecule has 21 nitrogen and oxygen atoms in total. The summed E-state index contributed by atoms with van der Waals surface area (Å²) in [5.41, 5.74) is 1.59. The minimum atomic E-state index is -6.11. The number of halogens is 4. The van der Waals surface area contributed by atoms with Crippen LogP contribution in [0.4, 0.5) is 24.5 Å². The molecule has 4 saturated heterocycles. The number of nitrogens with zero attached hydrogens (tertiary/aromatic N) is 7. The number of piperazine rings is 2. The first kappa shape index (κ1) is 82.5. The number of nitrogens with one attached hydrogen (secondary N) is 4. The lowest BCUT2D eigenvalue weighted by molar-refractivity contribution is -0.144. The number of sulfone groups is 1. The quantitative estimate of drug-likeness (QED) is 0.0252. The van der Waals surface area contributed by atoms with Crippen molar-refractivity contribution >= 4 is 101 Å². The van der Waals surface area contributed by atoms with Crippen LogP contribution in [0.1, 0.15) is 132 Å². The Morgan fingerprint density at radius 2 is 1.43 bits per heavy atom. The zero-order chi connectivity index (χ0) is 77.8. The number of morpholine rings is 1. The predicted octanol–water partition coefficient (Wildman–Crippen LogP) is 12.3. The average Bonchev–Trinajstić information content (AvgIpc) is 1.74. The molecule has 1 aliphatic carbocycles. The summed E-state index contributed by atoms with van der Waals surface area (Å²) in [5, 5.41) is 9.84. The molecule has 5 aliphatic rings. The van der Waals surface area contributed by atoms with E-state index in [1.165, 1.54) is 35.0 Å². The Morgan fingerprint density at radius 3 is 2.09 bits per heavy atom. The van der Waals surface area contributed by atoms with Gasteiger partial charge in [-0.3, -0.25) is 38.7 Å². The van der Waals surface area contributed by atoms with Crippen molar-refractivity contribution in [1.29, 1.82) is 0 Å². The highest BCUT2D eigenvalue weighted by molar-refractivity contribution is 7.99. The molecule has 588 valence electrons. The summed E-state index contributed by atoms with van der Waals surface area (Å²) in [6, 6.07) is 31.7. The van der Waals surface area contributed by atoms with Gasteiger partial charge < -0.3 is 35.4 Å². The fraction of sp³-hybridized carbons (Fsp3) is 0.500. The standard InChI is InChI=1S/C80H101ClF3N11O10S4/c1-55(57-18-20-59(21-19-57)72-56(2)85-54-107-72)86-75(98)69-16-13-36-95(69)76(99)73(78(3,4)5)88-71(96)17-11-8-12-35-90-38-44-94(45-39-90)77(100)79(6)34-32-67(58-22-26-62(81)27-23-58)61(51-79)52-92-40-42-93(43-41-92)64-28-24-60(25-29-64)74(97)89-109(103,104)66-30-31-68(70(50-66)108(101,102)80(82,83)84)87-63(33-37-91-46-48-105-49-47-91)53-106-65-14-9-7-10-15-65/h7,9-10,14-15,18-31,50,54-55,63,69,73,87H,8,11-13,16-17,32-49,51-53H2,1-6H3,(H,86,98)(H,88,96)(H,89,97)/t55-,63+,69-,73+,79?/m0/s1. The second-order valence-electron chi connectivity index (χ2n) is 30.5. The smallest absolute Gasteiger partial charge is 0.380 e. The number of rotatable bonds is 29. The Labute approximate surface area is 652 Å². The first-order valence-corrected chi connectivity index (χ1v) is 42.9. The lowest BCUT2D eigenvalue weighted by atomic mass is 9.70. The van der Waals surface area contributed by atoms with Crippen LogP contribution in [0, 0.1) is 17.8 Å². The highest BCUT2D eigenvalue weighted by Gasteiger charge is 2.49. The van der Waals surface area contributed by atoms with Crippen LogP contribution in [0.2, 0.25) is 5.02 Å². The molecule has 5 amide bonds. The monoisotopic (exact) mass is 1600 g/mol. The number of ether oxygens (including phenoxy) is 1. The molecule has 5 heterocycles. The van der Waals surface area contributed by atoms with Gasteiger partial charge in [0.2, 0.25) is 23.6 Å². The maximum Gasteiger partial charge on any atom is 0.501 e. The van der Waals surface area contributed by atoms with Crippen molar-refractivity contribution in [3.8, 4) is 10.4 Å². The van der Waals surface area contributed by atoms with Gasteiger partial charge >= 0.3 is 5.51 Å². The molecule has 0 saturated carbocycles. The van der Waals surface area contributed by atoms with Crippen molar-refractivity contribution in [3.63, 3.8) is 0 Å². The molecule has 5 atom stereocenters. The molecule has 0 bridgehead atoms. The van der Waals surface area contributed by atoms with Crippen molar-refractivity contribution in [3.05, 3.63) is 160 Å². The maximum absolute atomic E-state index is 14.8. The Bertz CT molecular complexity index is 4420. The van der Waals surface area contributed by atoms with E-state index in [1.54, 1.807) is 28.4 Å². The van der Waals surface area contributed by atoms with E-state index < -0.39 is 75.7 Å². The van der Waals surface area contributed by atoms with Gasteiger partial charge in [-0.05, 0) is 166 Å². The molecule has 0 radical (unpaired) electrons. The summed E-state index contributed by atoms with van der Waals surface area (Å²) in [5.74, 6) is -1.22. The molecule has 4 fully saturated rings. The fourth-order valence-corrected chi connectivity index (χ4v) is 19.1. The van der Waals surface area contributed by atoms with Crippen LogP contribution in [0.15, 0.2) is 147 Å². The molecular weight excluding hydrogens is 1500 g/mol. The van der Waals surface area contributed by atoms with Gasteiger partial charge in [0.25, 0.3) is 25.8 Å². The van der Waals surface area contributed by atoms with Gasteiger partial charge in [-0.25, -0.2) is 26.5 Å². The third-order valence-electron chi connectivity index (χ3n) is 21.6. The molecule has 29 heteroatoms. The number of sulfonamides is 1. The highest BCUT2D eigenvalue weighted by atomic mass is 35.5. The summed E-state index contributed by atoms with van der Waals surface area (Å²) >= 11 is 9.41. The molecule has 6 aromatic rings. The van der Waals surface area contributed by atoms with Crippen molar-refractivity contribution in [1.82, 2.24) is 44.8 Å². The Balaban J connectivity index is 0.637. The normalized spacial score (nSPS) is 19.7. The zero-order valence-corrected chi connectivity index (χ0v) is 66.9. The van der Waals surface area contributed by atoms with Crippen molar-refractivity contribution in [2.45, 2.75) is 150 Å². The number of aryl methyl sites for hydroxylation is 1. The SMILES string of the molecule is Cc1ncsc1-c1ccc([C@H](C)NC(=O)[C@@H]2CCCN2C(=O)[C@@H](NC(=O)CCCCCN2CCN(C(=O)C3(C)CCC(c4ccc(Cl)cc4)=C(CN4CCN(c5ccc(C(=O)NS(=O)(=O)c6ccc(N[C@H](CCN7CCOCC7)CSc7ccccc7)c(S(=O)(=O)C(F)(F)F)c6)cc5)CC4)C3)CC2)C(C)(C)C)cc1. The van der Waals surface area contributed by atoms with Crippen LogP contribution in [0.3, 0.4) is 0 Å². The molecule has 109 heavy (non-hydrogen) atoms. The predicted molar refractivity (Wildman–Crippen MR) is 423 cm³/mol. The number of allylic oxidation sites excluding steroid dienone is 1. The molecule has 11 rings (SSSR count). The number of hydrogen-bond donors (Lipinski definition) is 4. The topological polar surface area (TPSA) is 243 Å². The van der Waals surface area contributed by atoms with E-state index in [0.29, 0.717) is 147 Å². The Kier molecular flexibility index (Phi) is 27.6. The van der Waals surface area contributed by atoms with Crippen LogP contribution < -0.4 is 25.6 Å². The van der Waals surface area contributed by atoms with E-state index in [4.69, 9.17) is 16.3 Å². The highest BCUT2D eigenvalue weighted by Crippen LogP contribution is 2.45. The third-order valence-corrected chi connectivity index (χ3v) is 26.8. The average molecular weight is 1600 g/mol. The van der Waals surface area contributed by atoms with Crippen LogP contribution >= 0.6 is 34.7 Å². The molecule has 1 aromatic heterocycles. The lowest BCUT2D eigenvalue weighted by Gasteiger charge is -2.43. The second-order valence-corrected chi connectivity index (χ2v) is 36.5. The van der Waals surface area contributed by atoms with E-state index in [0.717, 1.165) is 82.5 Å². The van der Waals surface area contributed by atoms with Crippen molar-refractivity contribution in [2.75, 3.05) is 121 Å². The summed E-state index contributed by atoms with van der Waals surface area (Å²) in [7, 11) is -11.0. The number of anilines is 2. The van der Waals surface area contributed by atoms with E-state index in [1.807, 2.05) is 129 Å². The van der Waals surface area contributed by atoms with Crippen LogP contribution in [0.5, 0.6) is 0 Å². The largest absolute Gasteiger partial charge is 0.501 e. The number of hydrogen-bond acceptors (Lipinski definition) is 18. The van der Waals surface area contributed by atoms with Crippen LogP contribution in [0.25, 0.3) is 16.0 Å². The molecule has 4 aliphatic heterocycles. The Hall–Kier alpha value is -7.41. The van der Waals surface area contributed by atoms with E-state index in [9.17, 15) is 54.0 Å². The summed E-state index contributed by atoms with van der Waals surface area (Å²) in [6.45, 7) is 21.9. The van der Waals surface area contributed by atoms with Gasteiger partial charge in [0.1, 0.15) is 17.0 Å². The number of likely N-dealkylation sites (tertiary alicyclic amines) is 1. The maximum atomic E-state index is 14.8. The number of thiazole rings is 1. The van der Waals surface area contributed by atoms with Crippen LogP contribution in [-0.2, 0) is 43.8 Å². The minimum Gasteiger partial charge on any atom is -0.380 e. The summed E-state index contributed by atoms with van der Waals surface area (Å²) < 4.78 is 105. The number of carbonyl (C=O) groups is 5. The van der Waals surface area contributed by atoms with Crippen molar-refractivity contribution in [2.24, 2.45) is 10.8 Å². The molecule has 4 N–H and O–H groups in total. The first-order chi connectivity index (χ1) is 51.9. The van der Waals surface area contributed by atoms with E-state index >= 15 is 0 Å². The second kappa shape index (κ2) is 36.4. The zero-order valence-electron chi connectivity index (χ0n) is 62.9. The van der Waals surface area contributed by atoms with Gasteiger partial charge in [-0.15, -0.1) is 23.1 Å². The first-order valence-electron chi connectivity index (χ1n) is 37.7. The number of amides is 5.